The SMILES string of the molecule is CC[C@H]1OC(=O)[C@H](C)[C@@H](O[C@H]2C[C@@](C)(OC)[C@@H](O)[C@H](C)O2)[C@H](C)[C@@H](O[C@@H]2O[C@H](C)C[C@H](N(C)Cc3ccc(-c4cn(CCCCCCn5cccc(O)c5=O)nn4)cc3)[C@H]2O)[C@](C)(O)C[C@@H](C)CN(C)[C@H](C)[C@@H](O)[C@]1(C)O. The molecule has 6 rings (SSSR count). The van der Waals surface area contributed by atoms with Gasteiger partial charge in [0.2, 0.25) is 0 Å². The average Bonchev–Trinajstić information content (AvgIpc) is 3.86. The minimum atomic E-state index is -1.84. The molecule has 3 aromatic rings. The lowest BCUT2D eigenvalue weighted by atomic mass is 9.77. The molecule has 0 bridgehead atoms. The van der Waals surface area contributed by atoms with E-state index in [1.165, 1.54) is 24.7 Å². The van der Waals surface area contributed by atoms with Crippen LogP contribution in [0.5, 0.6) is 5.75 Å². The minimum Gasteiger partial charge on any atom is -0.503 e. The summed E-state index contributed by atoms with van der Waals surface area (Å²) in [6.45, 7) is 19.7. The van der Waals surface area contributed by atoms with Crippen molar-refractivity contribution in [3.8, 4) is 17.0 Å². The second-order valence-corrected chi connectivity index (χ2v) is 23.5. The Bertz CT molecular complexity index is 2390. The van der Waals surface area contributed by atoms with Crippen LogP contribution in [0, 0.1) is 17.8 Å². The Morgan fingerprint density at radius 3 is 2.22 bits per heavy atom. The lowest BCUT2D eigenvalue weighted by Crippen LogP contribution is -2.60. The minimum absolute atomic E-state index is 0.0976. The number of pyridine rings is 1. The molecule has 0 saturated carbocycles. The molecule has 3 saturated heterocycles. The maximum atomic E-state index is 14.5. The molecule has 3 aliphatic rings. The fourth-order valence-electron chi connectivity index (χ4n) is 12.0. The molecule has 20 heteroatoms. The summed E-state index contributed by atoms with van der Waals surface area (Å²) in [5, 5.41) is 78.4. The highest BCUT2D eigenvalue weighted by Crippen LogP contribution is 2.40. The Balaban J connectivity index is 1.19. The zero-order chi connectivity index (χ0) is 56.7. The van der Waals surface area contributed by atoms with Gasteiger partial charge in [0, 0.05) is 69.5 Å². The van der Waals surface area contributed by atoms with Crippen LogP contribution in [-0.2, 0) is 52.8 Å². The van der Waals surface area contributed by atoms with Crippen molar-refractivity contribution in [3.05, 3.63) is 64.7 Å². The van der Waals surface area contributed by atoms with Crippen molar-refractivity contribution < 1.29 is 63.9 Å². The number of ether oxygens (including phenoxy) is 6. The number of aryl methyl sites for hydroxylation is 2. The number of unbranched alkanes of at least 4 members (excludes halogenated alkanes) is 3. The first-order valence-electron chi connectivity index (χ1n) is 27.9. The number of rotatable bonds is 17. The number of aliphatic hydroxyl groups excluding tert-OH is 3. The van der Waals surface area contributed by atoms with E-state index in [1.54, 1.807) is 53.8 Å². The molecule has 434 valence electrons. The fraction of sp³-hybridized carbons (Fsp3) is 0.754. The summed E-state index contributed by atoms with van der Waals surface area (Å²) in [7, 11) is 5.29. The summed E-state index contributed by atoms with van der Waals surface area (Å²) < 4.78 is 41.8. The number of methoxy groups -OCH3 is 1. The van der Waals surface area contributed by atoms with Gasteiger partial charge in [0.15, 0.2) is 18.3 Å². The van der Waals surface area contributed by atoms with Crippen LogP contribution in [-0.4, -0.2) is 184 Å². The predicted octanol–water partition coefficient (Wildman–Crippen LogP) is 4.86. The van der Waals surface area contributed by atoms with Crippen LogP contribution in [0.25, 0.3) is 11.3 Å². The third kappa shape index (κ3) is 15.1. The molecule has 0 amide bonds. The van der Waals surface area contributed by atoms with Crippen molar-refractivity contribution in [1.82, 2.24) is 29.4 Å². The van der Waals surface area contributed by atoms with Gasteiger partial charge in [0.1, 0.15) is 35.7 Å². The van der Waals surface area contributed by atoms with Crippen LogP contribution in [0.1, 0.15) is 126 Å². The van der Waals surface area contributed by atoms with E-state index < -0.39 is 102 Å². The molecule has 3 fully saturated rings. The molecule has 18 atom stereocenters. The number of benzene rings is 1. The summed E-state index contributed by atoms with van der Waals surface area (Å²) in [5.41, 5.74) is -2.25. The van der Waals surface area contributed by atoms with Crippen LogP contribution in [0.2, 0.25) is 0 Å². The predicted molar refractivity (Wildman–Crippen MR) is 288 cm³/mol. The Labute approximate surface area is 455 Å². The van der Waals surface area contributed by atoms with E-state index in [1.807, 2.05) is 74.9 Å². The molecule has 5 heterocycles. The Hall–Kier alpha value is -3.90. The number of hydrogen-bond acceptors (Lipinski definition) is 18. The van der Waals surface area contributed by atoms with Gasteiger partial charge < -0.3 is 68.5 Å². The summed E-state index contributed by atoms with van der Waals surface area (Å²) >= 11 is 0. The smallest absolute Gasteiger partial charge is 0.311 e. The van der Waals surface area contributed by atoms with E-state index in [0.29, 0.717) is 32.6 Å². The third-order valence-electron chi connectivity index (χ3n) is 16.9. The number of esters is 1. The first-order chi connectivity index (χ1) is 36.2. The summed E-state index contributed by atoms with van der Waals surface area (Å²) in [6.07, 6.45) is -1.89. The quantitative estimate of drug-likeness (QED) is 0.0780. The summed E-state index contributed by atoms with van der Waals surface area (Å²) in [5.74, 6) is -3.04. The largest absolute Gasteiger partial charge is 0.503 e. The molecule has 77 heavy (non-hydrogen) atoms. The van der Waals surface area contributed by atoms with Crippen molar-refractivity contribution in [2.24, 2.45) is 17.8 Å². The van der Waals surface area contributed by atoms with Crippen LogP contribution < -0.4 is 5.56 Å². The molecular formula is C57H92N6O14. The monoisotopic (exact) mass is 1080 g/mol. The maximum absolute atomic E-state index is 14.5. The maximum Gasteiger partial charge on any atom is 0.311 e. The molecule has 2 aromatic heterocycles. The van der Waals surface area contributed by atoms with Gasteiger partial charge in [-0.15, -0.1) is 5.10 Å². The highest BCUT2D eigenvalue weighted by Gasteiger charge is 2.53. The first kappa shape index (κ1) is 62.3. The van der Waals surface area contributed by atoms with Crippen LogP contribution in [0.3, 0.4) is 0 Å². The van der Waals surface area contributed by atoms with Gasteiger partial charge in [0.05, 0.1) is 47.7 Å². The molecule has 6 N–H and O–H groups in total. The number of aromatic nitrogens is 4. The second-order valence-electron chi connectivity index (χ2n) is 23.5. The van der Waals surface area contributed by atoms with Crippen molar-refractivity contribution in [3.63, 3.8) is 0 Å². The number of aromatic hydroxyl groups is 1. The van der Waals surface area contributed by atoms with Gasteiger partial charge in [-0.2, -0.15) is 0 Å². The highest BCUT2D eigenvalue weighted by atomic mass is 16.7. The molecule has 20 nitrogen and oxygen atoms in total. The number of cyclic esters (lactones) is 1. The number of carbonyl (C=O) groups excluding carboxylic acids is 1. The summed E-state index contributed by atoms with van der Waals surface area (Å²) in [6, 6.07) is 10.1. The van der Waals surface area contributed by atoms with Crippen molar-refractivity contribution in [2.75, 3.05) is 27.7 Å². The first-order valence-corrected chi connectivity index (χ1v) is 27.9. The number of aliphatic hydroxyl groups is 5. The van der Waals surface area contributed by atoms with Crippen LogP contribution in [0.4, 0.5) is 0 Å². The molecule has 0 spiro atoms. The van der Waals surface area contributed by atoms with Crippen molar-refractivity contribution >= 4 is 5.97 Å². The van der Waals surface area contributed by atoms with E-state index in [0.717, 1.165) is 42.5 Å². The molecule has 0 aliphatic carbocycles. The Kier molecular flexibility index (Phi) is 21.5. The average molecular weight is 1090 g/mol. The lowest BCUT2D eigenvalue weighted by molar-refractivity contribution is -0.318. The van der Waals surface area contributed by atoms with Crippen molar-refractivity contribution in [1.29, 1.82) is 0 Å². The normalized spacial score (nSPS) is 37.3. The van der Waals surface area contributed by atoms with E-state index in [2.05, 4.69) is 15.2 Å². The zero-order valence-corrected chi connectivity index (χ0v) is 47.9. The van der Waals surface area contributed by atoms with Gasteiger partial charge in [-0.25, -0.2) is 0 Å². The number of nitrogens with zero attached hydrogens (tertiary/aromatic N) is 6. The number of carbonyl (C=O) groups is 1. The second kappa shape index (κ2) is 26.6. The highest BCUT2D eigenvalue weighted by molar-refractivity contribution is 5.73. The Morgan fingerprint density at radius 1 is 0.883 bits per heavy atom. The lowest BCUT2D eigenvalue weighted by Gasteiger charge is -2.49. The van der Waals surface area contributed by atoms with Gasteiger partial charge in [-0.3, -0.25) is 19.2 Å². The van der Waals surface area contributed by atoms with Gasteiger partial charge in [-0.05, 0) is 118 Å². The van der Waals surface area contributed by atoms with E-state index in [4.69, 9.17) is 28.4 Å². The van der Waals surface area contributed by atoms with Gasteiger partial charge in [0.25, 0.3) is 5.56 Å². The number of hydrogen-bond donors (Lipinski definition) is 6. The molecule has 0 radical (unpaired) electrons. The third-order valence-corrected chi connectivity index (χ3v) is 16.9. The van der Waals surface area contributed by atoms with Gasteiger partial charge >= 0.3 is 5.97 Å². The van der Waals surface area contributed by atoms with E-state index in [9.17, 15) is 40.2 Å². The van der Waals surface area contributed by atoms with Crippen molar-refractivity contribution in [2.45, 2.75) is 231 Å². The summed E-state index contributed by atoms with van der Waals surface area (Å²) in [4.78, 5) is 30.6. The van der Waals surface area contributed by atoms with E-state index >= 15 is 0 Å². The van der Waals surface area contributed by atoms with Gasteiger partial charge in [-0.1, -0.05) is 63.1 Å². The molecule has 0 unspecified atom stereocenters. The zero-order valence-electron chi connectivity index (χ0n) is 47.9. The van der Waals surface area contributed by atoms with Crippen LogP contribution >= 0.6 is 0 Å². The molecular weight excluding hydrogens is 993 g/mol. The molecule has 1 aromatic carbocycles. The standard InChI is InChI=1S/C57H92N6O14/c1-14-45-57(10,71)49(66)38(6)60(11)31-34(2)29-55(8,70)51(36(4)48(37(5)53(69)75-45)76-46-30-56(9,72-13)50(67)39(7)74-46)77-54-47(65)43(28-35(3)73-54)61(12)32-40-21-23-41(24-22-40)42-33-63(59-58-42)27-18-16-15-17-25-62-26-19-20-44(64)52(62)68/h19-24,26,33-39,43,45-51,54,64-67,70-71H,14-18,25,27-32H2,1-13H3/t34-,35-,36+,37-,38-,39+,43+,45-,46+,47-,48+,49-,50+,51-,54+,55-,56-,57-/m1/s1. The number of likely N-dealkylation sites (N-methyl/N-ethyl adjacent to an activating group) is 2. The molecule has 3 aliphatic heterocycles. The fourth-order valence-corrected chi connectivity index (χ4v) is 12.0. The topological polar surface area (TPSA) is 253 Å². The van der Waals surface area contributed by atoms with Crippen LogP contribution in [0.15, 0.2) is 53.6 Å². The Morgan fingerprint density at radius 2 is 1.56 bits per heavy atom. The van der Waals surface area contributed by atoms with E-state index in [-0.39, 0.29) is 42.6 Å².